The number of aromatic carboxylic acids is 1. The molecule has 124 valence electrons. The quantitative estimate of drug-likeness (QED) is 0.913. The highest BCUT2D eigenvalue weighted by atomic mass is 16.4. The number of nitrogens with zero attached hydrogens (tertiary/aromatic N) is 3. The molecule has 1 saturated heterocycles. The first-order valence-corrected chi connectivity index (χ1v) is 8.59. The van der Waals surface area contributed by atoms with Crippen LogP contribution in [0.3, 0.4) is 0 Å². The van der Waals surface area contributed by atoms with Crippen molar-refractivity contribution in [1.29, 1.82) is 0 Å². The molecule has 1 aliphatic carbocycles. The second kappa shape index (κ2) is 6.32. The SMILES string of the molecule is O=C(O)c1cnc(C2CCCN2Cc2cccc(C3CC3)c2)nc1. The van der Waals surface area contributed by atoms with Crippen molar-refractivity contribution in [1.82, 2.24) is 14.9 Å². The highest BCUT2D eigenvalue weighted by Crippen LogP contribution is 2.40. The monoisotopic (exact) mass is 323 g/mol. The second-order valence-electron chi connectivity index (χ2n) is 6.78. The Labute approximate surface area is 141 Å². The maximum atomic E-state index is 10.9. The van der Waals surface area contributed by atoms with Crippen LogP contribution in [-0.2, 0) is 6.54 Å². The Bertz CT molecular complexity index is 741. The number of carbonyl (C=O) groups is 1. The zero-order chi connectivity index (χ0) is 16.5. The zero-order valence-corrected chi connectivity index (χ0v) is 13.6. The molecule has 1 atom stereocenters. The van der Waals surface area contributed by atoms with Crippen LogP contribution in [0.2, 0.25) is 0 Å². The minimum absolute atomic E-state index is 0.139. The highest BCUT2D eigenvalue weighted by Gasteiger charge is 2.29. The Morgan fingerprint density at radius 3 is 2.71 bits per heavy atom. The summed E-state index contributed by atoms with van der Waals surface area (Å²) in [5.74, 6) is 0.517. The van der Waals surface area contributed by atoms with Crippen molar-refractivity contribution < 1.29 is 9.90 Å². The molecule has 1 aliphatic heterocycles. The fourth-order valence-electron chi connectivity index (χ4n) is 3.52. The minimum Gasteiger partial charge on any atom is -0.478 e. The smallest absolute Gasteiger partial charge is 0.338 e. The first-order chi connectivity index (χ1) is 11.7. The van der Waals surface area contributed by atoms with E-state index in [-0.39, 0.29) is 11.6 Å². The third kappa shape index (κ3) is 3.17. The van der Waals surface area contributed by atoms with Gasteiger partial charge in [-0.25, -0.2) is 14.8 Å². The first kappa shape index (κ1) is 15.3. The lowest BCUT2D eigenvalue weighted by Crippen LogP contribution is -2.24. The fourth-order valence-corrected chi connectivity index (χ4v) is 3.52. The molecule has 1 saturated carbocycles. The van der Waals surface area contributed by atoms with Crippen LogP contribution >= 0.6 is 0 Å². The summed E-state index contributed by atoms with van der Waals surface area (Å²) < 4.78 is 0. The van der Waals surface area contributed by atoms with Gasteiger partial charge in [-0.2, -0.15) is 0 Å². The van der Waals surface area contributed by atoms with E-state index < -0.39 is 5.97 Å². The van der Waals surface area contributed by atoms with E-state index >= 15 is 0 Å². The second-order valence-corrected chi connectivity index (χ2v) is 6.78. The summed E-state index contributed by atoms with van der Waals surface area (Å²) in [6.07, 6.45) is 7.61. The van der Waals surface area contributed by atoms with E-state index in [2.05, 4.69) is 39.1 Å². The largest absolute Gasteiger partial charge is 0.478 e. The molecule has 1 aromatic heterocycles. The number of benzene rings is 1. The zero-order valence-electron chi connectivity index (χ0n) is 13.6. The summed E-state index contributed by atoms with van der Waals surface area (Å²) >= 11 is 0. The summed E-state index contributed by atoms with van der Waals surface area (Å²) in [5.41, 5.74) is 2.94. The lowest BCUT2D eigenvalue weighted by atomic mass is 10.1. The Hall–Kier alpha value is -2.27. The number of likely N-dealkylation sites (tertiary alicyclic amines) is 1. The van der Waals surface area contributed by atoms with Gasteiger partial charge in [0.1, 0.15) is 5.82 Å². The van der Waals surface area contributed by atoms with Crippen LogP contribution in [0.15, 0.2) is 36.7 Å². The minimum atomic E-state index is -0.985. The molecular formula is C19H21N3O2. The van der Waals surface area contributed by atoms with Gasteiger partial charge in [-0.15, -0.1) is 0 Å². The van der Waals surface area contributed by atoms with Gasteiger partial charge in [0.2, 0.25) is 0 Å². The van der Waals surface area contributed by atoms with E-state index in [1.54, 1.807) is 0 Å². The van der Waals surface area contributed by atoms with Gasteiger partial charge in [0.15, 0.2) is 0 Å². The molecule has 2 heterocycles. The molecule has 1 unspecified atom stereocenters. The van der Waals surface area contributed by atoms with Crippen molar-refractivity contribution in [3.05, 3.63) is 59.2 Å². The number of hydrogen-bond acceptors (Lipinski definition) is 4. The van der Waals surface area contributed by atoms with Crippen molar-refractivity contribution >= 4 is 5.97 Å². The van der Waals surface area contributed by atoms with Gasteiger partial charge >= 0.3 is 5.97 Å². The highest BCUT2D eigenvalue weighted by molar-refractivity contribution is 5.86. The summed E-state index contributed by atoms with van der Waals surface area (Å²) in [7, 11) is 0. The molecule has 5 nitrogen and oxygen atoms in total. The summed E-state index contributed by atoms with van der Waals surface area (Å²) in [6.45, 7) is 1.93. The average Bonchev–Trinajstić information content (AvgIpc) is 3.35. The third-order valence-corrected chi connectivity index (χ3v) is 4.97. The van der Waals surface area contributed by atoms with Gasteiger partial charge in [0.25, 0.3) is 0 Å². The molecule has 4 rings (SSSR count). The average molecular weight is 323 g/mol. The molecule has 5 heteroatoms. The van der Waals surface area contributed by atoms with Gasteiger partial charge < -0.3 is 5.11 Å². The Morgan fingerprint density at radius 1 is 1.21 bits per heavy atom. The molecular weight excluding hydrogens is 302 g/mol. The van der Waals surface area contributed by atoms with Gasteiger partial charge in [-0.05, 0) is 49.3 Å². The van der Waals surface area contributed by atoms with Gasteiger partial charge in [-0.3, -0.25) is 4.90 Å². The van der Waals surface area contributed by atoms with E-state index in [0.29, 0.717) is 0 Å². The van der Waals surface area contributed by atoms with E-state index in [1.807, 2.05) is 0 Å². The van der Waals surface area contributed by atoms with Crippen molar-refractivity contribution in [3.63, 3.8) is 0 Å². The molecule has 0 bridgehead atoms. The Balaban J connectivity index is 1.50. The summed E-state index contributed by atoms with van der Waals surface area (Å²) in [6, 6.07) is 9.09. The molecule has 2 aromatic rings. The van der Waals surface area contributed by atoms with E-state index in [9.17, 15) is 4.79 Å². The molecule has 1 aromatic carbocycles. The normalized spacial score (nSPS) is 21.1. The van der Waals surface area contributed by atoms with Crippen LogP contribution in [0.4, 0.5) is 0 Å². The predicted molar refractivity (Wildman–Crippen MR) is 89.8 cm³/mol. The topological polar surface area (TPSA) is 66.3 Å². The molecule has 2 aliphatic rings. The summed E-state index contributed by atoms with van der Waals surface area (Å²) in [4.78, 5) is 21.9. The maximum absolute atomic E-state index is 10.9. The maximum Gasteiger partial charge on any atom is 0.338 e. The number of carboxylic acid groups (broad SMARTS) is 1. The van der Waals surface area contributed by atoms with Crippen molar-refractivity contribution in [3.8, 4) is 0 Å². The third-order valence-electron chi connectivity index (χ3n) is 4.97. The van der Waals surface area contributed by atoms with Gasteiger partial charge in [0.05, 0.1) is 11.6 Å². The Morgan fingerprint density at radius 2 is 2.00 bits per heavy atom. The number of hydrogen-bond donors (Lipinski definition) is 1. The van der Waals surface area contributed by atoms with Gasteiger partial charge in [-0.1, -0.05) is 24.3 Å². The molecule has 0 radical (unpaired) electrons. The molecule has 2 fully saturated rings. The molecule has 0 spiro atoms. The van der Waals surface area contributed by atoms with Crippen LogP contribution in [0, 0.1) is 0 Å². The van der Waals surface area contributed by atoms with Crippen molar-refractivity contribution in [2.75, 3.05) is 6.54 Å². The van der Waals surface area contributed by atoms with Crippen LogP contribution in [0.25, 0.3) is 0 Å². The lowest BCUT2D eigenvalue weighted by molar-refractivity contribution is 0.0695. The van der Waals surface area contributed by atoms with Crippen LogP contribution in [0.5, 0.6) is 0 Å². The Kier molecular flexibility index (Phi) is 4.02. The molecule has 1 N–H and O–H groups in total. The first-order valence-electron chi connectivity index (χ1n) is 8.59. The van der Waals surface area contributed by atoms with Gasteiger partial charge in [0, 0.05) is 18.9 Å². The lowest BCUT2D eigenvalue weighted by Gasteiger charge is -2.23. The standard InChI is InChI=1S/C19H21N3O2/c23-19(24)16-10-20-18(21-11-16)17-5-2-8-22(17)12-13-3-1-4-15(9-13)14-6-7-14/h1,3-4,9-11,14,17H,2,5-8,12H2,(H,23,24). The summed E-state index contributed by atoms with van der Waals surface area (Å²) in [5, 5.41) is 8.97. The van der Waals surface area contributed by atoms with Crippen LogP contribution in [0.1, 0.15) is 65.0 Å². The predicted octanol–water partition coefficient (Wildman–Crippen LogP) is 3.39. The van der Waals surface area contributed by atoms with E-state index in [1.165, 1.54) is 36.4 Å². The van der Waals surface area contributed by atoms with E-state index in [4.69, 9.17) is 5.11 Å². The number of carboxylic acids is 1. The van der Waals surface area contributed by atoms with Crippen LogP contribution in [-0.4, -0.2) is 32.5 Å². The van der Waals surface area contributed by atoms with Crippen molar-refractivity contribution in [2.24, 2.45) is 0 Å². The number of rotatable bonds is 5. The van der Waals surface area contributed by atoms with Crippen molar-refractivity contribution in [2.45, 2.75) is 44.2 Å². The molecule has 24 heavy (non-hydrogen) atoms. The fraction of sp³-hybridized carbons (Fsp3) is 0.421. The van der Waals surface area contributed by atoms with Crippen LogP contribution < -0.4 is 0 Å². The molecule has 0 amide bonds. The number of aromatic nitrogens is 2. The van der Waals surface area contributed by atoms with E-state index in [0.717, 1.165) is 37.7 Å².